The van der Waals surface area contributed by atoms with Crippen molar-refractivity contribution in [3.63, 3.8) is 0 Å². The van der Waals surface area contributed by atoms with Crippen LogP contribution in [-0.2, 0) is 9.59 Å². The minimum Gasteiger partial charge on any atom is -0.492 e. The number of hydrogen-bond acceptors (Lipinski definition) is 5. The quantitative estimate of drug-likeness (QED) is 0.649. The third-order valence-electron chi connectivity index (χ3n) is 6.27. The number of hydrogen-bond donors (Lipinski definition) is 1. The van der Waals surface area contributed by atoms with Crippen LogP contribution in [0.5, 0.6) is 5.75 Å². The molecule has 156 valence electrons. The van der Waals surface area contributed by atoms with Crippen molar-refractivity contribution in [2.45, 2.75) is 38.0 Å². The van der Waals surface area contributed by atoms with E-state index in [1.54, 1.807) is 6.26 Å². The van der Waals surface area contributed by atoms with Crippen LogP contribution in [0.3, 0.4) is 0 Å². The van der Waals surface area contributed by atoms with E-state index in [4.69, 9.17) is 9.15 Å². The maximum atomic E-state index is 12.3. The highest BCUT2D eigenvalue weighted by atomic mass is 16.5. The summed E-state index contributed by atoms with van der Waals surface area (Å²) in [6.07, 6.45) is 6.42. The lowest BCUT2D eigenvalue weighted by Gasteiger charge is -2.26. The van der Waals surface area contributed by atoms with Gasteiger partial charge in [-0.05, 0) is 67.4 Å². The molecule has 0 aliphatic carbocycles. The number of carbonyl (C=O) groups is 2. The molecule has 30 heavy (non-hydrogen) atoms. The highest BCUT2D eigenvalue weighted by Crippen LogP contribution is 2.35. The highest BCUT2D eigenvalue weighted by molar-refractivity contribution is 6.04. The van der Waals surface area contributed by atoms with E-state index in [1.165, 1.54) is 32.4 Å². The SMILES string of the molecule is O=C1CCC(c2coc3cc4ccc(OCCN5CCCCC5)cc4cc23)C(=O)N1. The minimum atomic E-state index is -0.356. The lowest BCUT2D eigenvalue weighted by atomic mass is 9.90. The third kappa shape index (κ3) is 3.79. The molecule has 1 atom stereocenters. The predicted molar refractivity (Wildman–Crippen MR) is 115 cm³/mol. The molecule has 2 aromatic carbocycles. The average molecular weight is 406 g/mol. The summed E-state index contributed by atoms with van der Waals surface area (Å²) in [6.45, 7) is 3.98. The highest BCUT2D eigenvalue weighted by Gasteiger charge is 2.30. The van der Waals surface area contributed by atoms with Crippen LogP contribution in [0.1, 0.15) is 43.6 Å². The second-order valence-electron chi connectivity index (χ2n) is 8.30. The van der Waals surface area contributed by atoms with Gasteiger partial charge in [0.1, 0.15) is 17.9 Å². The van der Waals surface area contributed by atoms with Gasteiger partial charge in [-0.1, -0.05) is 12.5 Å². The van der Waals surface area contributed by atoms with Gasteiger partial charge >= 0.3 is 0 Å². The van der Waals surface area contributed by atoms with Crippen LogP contribution < -0.4 is 10.1 Å². The molecule has 6 heteroatoms. The lowest BCUT2D eigenvalue weighted by Crippen LogP contribution is -2.39. The fraction of sp³-hybridized carbons (Fsp3) is 0.417. The number of fused-ring (bicyclic) bond motifs is 2. The number of benzene rings is 2. The zero-order valence-corrected chi connectivity index (χ0v) is 17.0. The van der Waals surface area contributed by atoms with Gasteiger partial charge in [0.05, 0.1) is 12.2 Å². The topological polar surface area (TPSA) is 71.8 Å². The molecule has 6 nitrogen and oxygen atoms in total. The first-order valence-corrected chi connectivity index (χ1v) is 10.8. The van der Waals surface area contributed by atoms with Crippen LogP contribution in [-0.4, -0.2) is 43.0 Å². The van der Waals surface area contributed by atoms with Crippen molar-refractivity contribution in [1.29, 1.82) is 0 Å². The van der Waals surface area contributed by atoms with E-state index in [0.717, 1.165) is 39.6 Å². The summed E-state index contributed by atoms with van der Waals surface area (Å²) in [6, 6.07) is 10.1. The predicted octanol–water partition coefficient (Wildman–Crippen LogP) is 3.97. The zero-order chi connectivity index (χ0) is 20.5. The number of nitrogens with zero attached hydrogens (tertiary/aromatic N) is 1. The van der Waals surface area contributed by atoms with Gasteiger partial charge in [-0.15, -0.1) is 0 Å². The van der Waals surface area contributed by atoms with Crippen molar-refractivity contribution in [3.05, 3.63) is 42.2 Å². The standard InChI is InChI=1S/C24H26N2O4/c27-23-7-6-19(24(28)25-23)21-15-30-22-14-16-4-5-18(12-17(16)13-20(21)22)29-11-10-26-8-2-1-3-9-26/h4-5,12-15,19H,1-3,6-11H2,(H,25,27,28). The number of likely N-dealkylation sites (tertiary alicyclic amines) is 1. The van der Waals surface area contributed by atoms with E-state index in [9.17, 15) is 9.59 Å². The molecular weight excluding hydrogens is 380 g/mol. The van der Waals surface area contributed by atoms with Gasteiger partial charge in [0.2, 0.25) is 11.8 Å². The Kier molecular flexibility index (Phi) is 5.17. The maximum Gasteiger partial charge on any atom is 0.234 e. The van der Waals surface area contributed by atoms with Crippen LogP contribution in [0, 0.1) is 0 Å². The molecule has 0 bridgehead atoms. The number of nitrogens with one attached hydrogen (secondary N) is 1. The van der Waals surface area contributed by atoms with E-state index in [2.05, 4.69) is 16.3 Å². The van der Waals surface area contributed by atoms with E-state index >= 15 is 0 Å². The third-order valence-corrected chi connectivity index (χ3v) is 6.27. The van der Waals surface area contributed by atoms with Crippen LogP contribution >= 0.6 is 0 Å². The Morgan fingerprint density at radius 2 is 1.93 bits per heavy atom. The molecule has 0 radical (unpaired) electrons. The lowest BCUT2D eigenvalue weighted by molar-refractivity contribution is -0.134. The van der Waals surface area contributed by atoms with E-state index in [-0.39, 0.29) is 17.7 Å². The van der Waals surface area contributed by atoms with Gasteiger partial charge < -0.3 is 9.15 Å². The fourth-order valence-corrected chi connectivity index (χ4v) is 4.59. The van der Waals surface area contributed by atoms with Gasteiger partial charge in [0.15, 0.2) is 0 Å². The summed E-state index contributed by atoms with van der Waals surface area (Å²) in [5, 5.41) is 5.47. The smallest absolute Gasteiger partial charge is 0.234 e. The summed E-state index contributed by atoms with van der Waals surface area (Å²) in [5.41, 5.74) is 1.59. The van der Waals surface area contributed by atoms with Gasteiger partial charge in [-0.2, -0.15) is 0 Å². The summed E-state index contributed by atoms with van der Waals surface area (Å²) in [7, 11) is 0. The minimum absolute atomic E-state index is 0.208. The molecular formula is C24H26N2O4. The van der Waals surface area contributed by atoms with E-state index in [1.807, 2.05) is 24.3 Å². The number of piperidine rings is 2. The van der Waals surface area contributed by atoms with Crippen molar-refractivity contribution in [1.82, 2.24) is 10.2 Å². The normalized spacial score (nSPS) is 20.6. The van der Waals surface area contributed by atoms with Crippen molar-refractivity contribution < 1.29 is 18.7 Å². The molecule has 2 saturated heterocycles. The molecule has 1 unspecified atom stereocenters. The first-order valence-electron chi connectivity index (χ1n) is 10.8. The molecule has 2 aliphatic rings. The molecule has 3 aromatic rings. The number of imide groups is 1. The molecule has 0 saturated carbocycles. The molecule has 0 spiro atoms. The Balaban J connectivity index is 1.37. The summed E-state index contributed by atoms with van der Waals surface area (Å²) >= 11 is 0. The number of carbonyl (C=O) groups excluding carboxylic acids is 2. The average Bonchev–Trinajstić information content (AvgIpc) is 3.15. The van der Waals surface area contributed by atoms with Crippen molar-refractivity contribution in [3.8, 4) is 5.75 Å². The monoisotopic (exact) mass is 406 g/mol. The molecule has 2 amide bonds. The summed E-state index contributed by atoms with van der Waals surface area (Å²) in [5.74, 6) is 0.0416. The maximum absolute atomic E-state index is 12.3. The summed E-state index contributed by atoms with van der Waals surface area (Å²) < 4.78 is 11.8. The largest absolute Gasteiger partial charge is 0.492 e. The van der Waals surface area contributed by atoms with Crippen molar-refractivity contribution in [2.75, 3.05) is 26.2 Å². The Morgan fingerprint density at radius 1 is 1.07 bits per heavy atom. The van der Waals surface area contributed by atoms with Crippen LogP contribution in [0.25, 0.3) is 21.7 Å². The Morgan fingerprint density at radius 3 is 2.77 bits per heavy atom. The number of furan rings is 1. The van der Waals surface area contributed by atoms with E-state index < -0.39 is 0 Å². The van der Waals surface area contributed by atoms with Crippen LogP contribution in [0.4, 0.5) is 0 Å². The Hall–Kier alpha value is -2.86. The Labute approximate surface area is 175 Å². The van der Waals surface area contributed by atoms with Crippen molar-refractivity contribution >= 4 is 33.6 Å². The van der Waals surface area contributed by atoms with E-state index in [0.29, 0.717) is 19.4 Å². The van der Waals surface area contributed by atoms with Crippen LogP contribution in [0.2, 0.25) is 0 Å². The molecule has 1 N–H and O–H groups in total. The van der Waals surface area contributed by atoms with Gasteiger partial charge in [-0.3, -0.25) is 19.8 Å². The first-order chi connectivity index (χ1) is 14.7. The van der Waals surface area contributed by atoms with Gasteiger partial charge in [0, 0.05) is 23.9 Å². The molecule has 2 aliphatic heterocycles. The number of amides is 2. The number of rotatable bonds is 5. The Bertz CT molecular complexity index is 1100. The molecule has 2 fully saturated rings. The van der Waals surface area contributed by atoms with Gasteiger partial charge in [0.25, 0.3) is 0 Å². The van der Waals surface area contributed by atoms with Crippen molar-refractivity contribution in [2.24, 2.45) is 0 Å². The second kappa shape index (κ2) is 8.11. The zero-order valence-electron chi connectivity index (χ0n) is 17.0. The fourth-order valence-electron chi connectivity index (χ4n) is 4.59. The van der Waals surface area contributed by atoms with Gasteiger partial charge in [-0.25, -0.2) is 0 Å². The second-order valence-corrected chi connectivity index (χ2v) is 8.30. The number of ether oxygens (including phenoxy) is 1. The summed E-state index contributed by atoms with van der Waals surface area (Å²) in [4.78, 5) is 26.3. The van der Waals surface area contributed by atoms with Crippen LogP contribution in [0.15, 0.2) is 41.0 Å². The first kappa shape index (κ1) is 19.1. The molecule has 1 aromatic heterocycles. The molecule has 5 rings (SSSR count). The molecule has 3 heterocycles.